The average molecular weight is 267 g/mol. The maximum atomic E-state index is 11.8. The third-order valence-electron chi connectivity index (χ3n) is 2.07. The zero-order chi connectivity index (χ0) is 13.5. The topological polar surface area (TPSA) is 113 Å². The van der Waals surface area contributed by atoms with Crippen molar-refractivity contribution in [2.24, 2.45) is 5.73 Å². The maximum Gasteiger partial charge on any atom is 0.279 e. The molecule has 0 aliphatic carbocycles. The normalized spacial score (nSPS) is 13.9. The minimum Gasteiger partial charge on any atom is -0.382 e. The Kier molecular flexibility index (Phi) is 7.28. The molecule has 0 radical (unpaired) electrons. The van der Waals surface area contributed by atoms with E-state index in [-0.39, 0.29) is 0 Å². The summed E-state index contributed by atoms with van der Waals surface area (Å²) in [6.07, 6.45) is -0.117. The van der Waals surface area contributed by atoms with Gasteiger partial charge in [0.2, 0.25) is 5.91 Å². The zero-order valence-electron chi connectivity index (χ0n) is 10.2. The molecule has 1 unspecified atom stereocenters. The quantitative estimate of drug-likeness (QED) is 0.486. The first-order valence-electron chi connectivity index (χ1n) is 5.57. The number of carbonyl (C=O) groups is 1. The number of nitrogens with zero attached hydrogens (tertiary/aromatic N) is 1. The molecule has 0 aromatic heterocycles. The van der Waals surface area contributed by atoms with Crippen LogP contribution in [-0.4, -0.2) is 49.5 Å². The van der Waals surface area contributed by atoms with E-state index in [0.717, 1.165) is 0 Å². The number of rotatable bonds is 9. The predicted molar refractivity (Wildman–Crippen MR) is 64.3 cm³/mol. The number of hydrogen-bond donors (Lipinski definition) is 3. The number of carbonyl (C=O) groups excluding carboxylic acids is 1. The van der Waals surface area contributed by atoms with Crippen LogP contribution in [0, 0.1) is 0 Å². The minimum absolute atomic E-state index is 0.399. The van der Waals surface area contributed by atoms with Gasteiger partial charge in [-0.25, -0.2) is 0 Å². The third kappa shape index (κ3) is 5.97. The van der Waals surface area contributed by atoms with Gasteiger partial charge >= 0.3 is 0 Å². The Bertz CT molecular complexity index is 325. The van der Waals surface area contributed by atoms with Gasteiger partial charge in [-0.3, -0.25) is 4.79 Å². The van der Waals surface area contributed by atoms with Crippen molar-refractivity contribution in [3.63, 3.8) is 0 Å². The summed E-state index contributed by atoms with van der Waals surface area (Å²) < 4.78 is 27.0. The van der Waals surface area contributed by atoms with E-state index in [2.05, 4.69) is 4.72 Å². The Balaban J connectivity index is 4.47. The average Bonchev–Trinajstić information content (AvgIpc) is 2.25. The van der Waals surface area contributed by atoms with Crippen molar-refractivity contribution < 1.29 is 18.3 Å². The Morgan fingerprint density at radius 3 is 2.18 bits per heavy atom. The molecule has 1 atom stereocenters. The molecule has 0 aliphatic rings. The van der Waals surface area contributed by atoms with Crippen LogP contribution in [0.5, 0.6) is 0 Å². The Morgan fingerprint density at radius 1 is 1.35 bits per heavy atom. The van der Waals surface area contributed by atoms with Crippen molar-refractivity contribution in [2.45, 2.75) is 32.8 Å². The molecule has 0 saturated carbocycles. The molecule has 0 rings (SSSR count). The van der Waals surface area contributed by atoms with Crippen LogP contribution in [0.15, 0.2) is 0 Å². The van der Waals surface area contributed by atoms with Gasteiger partial charge in [0.1, 0.15) is 6.10 Å². The molecular weight excluding hydrogens is 246 g/mol. The fraction of sp³-hybridized carbons (Fsp3) is 0.889. The Labute approximate surface area is 102 Å². The third-order valence-corrected chi connectivity index (χ3v) is 3.65. The van der Waals surface area contributed by atoms with Crippen LogP contribution < -0.4 is 10.5 Å². The van der Waals surface area contributed by atoms with E-state index >= 15 is 0 Å². The first-order chi connectivity index (χ1) is 7.85. The monoisotopic (exact) mass is 267 g/mol. The zero-order valence-corrected chi connectivity index (χ0v) is 11.0. The van der Waals surface area contributed by atoms with Crippen molar-refractivity contribution in [3.8, 4) is 0 Å². The summed E-state index contributed by atoms with van der Waals surface area (Å²) in [4.78, 5) is 10.6. The van der Waals surface area contributed by atoms with Crippen LogP contribution in [0.2, 0.25) is 0 Å². The molecule has 0 aromatic carbocycles. The largest absolute Gasteiger partial charge is 0.382 e. The lowest BCUT2D eigenvalue weighted by Crippen LogP contribution is -2.46. The first kappa shape index (κ1) is 16.3. The highest BCUT2D eigenvalue weighted by atomic mass is 32.2. The van der Waals surface area contributed by atoms with Crippen LogP contribution in [0.4, 0.5) is 0 Å². The molecule has 0 aliphatic heterocycles. The fourth-order valence-electron chi connectivity index (χ4n) is 1.23. The predicted octanol–water partition coefficient (Wildman–Crippen LogP) is -1.21. The second-order valence-electron chi connectivity index (χ2n) is 3.67. The molecule has 4 N–H and O–H groups in total. The number of nitrogens with two attached hydrogens (primary N) is 1. The summed E-state index contributed by atoms with van der Waals surface area (Å²) in [7, 11) is -3.66. The van der Waals surface area contributed by atoms with E-state index in [1.165, 1.54) is 4.31 Å². The van der Waals surface area contributed by atoms with E-state index in [1.54, 1.807) is 0 Å². The lowest BCUT2D eigenvalue weighted by atomic mass is 10.3. The van der Waals surface area contributed by atoms with Crippen LogP contribution in [-0.2, 0) is 15.0 Å². The number of amides is 1. The number of nitrogens with one attached hydrogen (secondary N) is 1. The van der Waals surface area contributed by atoms with Crippen molar-refractivity contribution in [3.05, 3.63) is 0 Å². The van der Waals surface area contributed by atoms with Gasteiger partial charge in [0, 0.05) is 19.6 Å². The summed E-state index contributed by atoms with van der Waals surface area (Å²) in [6.45, 7) is 4.14. The summed E-state index contributed by atoms with van der Waals surface area (Å²) in [5.41, 5.74) is 4.82. The molecule has 0 aromatic rings. The standard InChI is InChI=1S/C9H21N3O4S/c1-3-5-12(6-4-2)17(15,16)11-7-8(13)9(10)14/h8,11,13H,3-7H2,1-2H3,(H2,10,14). The smallest absolute Gasteiger partial charge is 0.279 e. The van der Waals surface area contributed by atoms with Gasteiger partial charge in [-0.15, -0.1) is 0 Å². The molecule has 1 amide bonds. The van der Waals surface area contributed by atoms with Gasteiger partial charge in [-0.2, -0.15) is 17.4 Å². The second kappa shape index (κ2) is 7.59. The Morgan fingerprint density at radius 2 is 1.82 bits per heavy atom. The van der Waals surface area contributed by atoms with Crippen LogP contribution >= 0.6 is 0 Å². The molecule has 7 nitrogen and oxygen atoms in total. The molecule has 0 saturated heterocycles. The van der Waals surface area contributed by atoms with E-state index < -0.39 is 28.8 Å². The molecule has 17 heavy (non-hydrogen) atoms. The van der Waals surface area contributed by atoms with Crippen molar-refractivity contribution in [1.29, 1.82) is 0 Å². The Hall–Kier alpha value is -0.700. The van der Waals surface area contributed by atoms with Gasteiger partial charge in [-0.1, -0.05) is 13.8 Å². The number of aliphatic hydroxyl groups is 1. The highest BCUT2D eigenvalue weighted by Crippen LogP contribution is 2.01. The summed E-state index contributed by atoms with van der Waals surface area (Å²) in [6, 6.07) is 0. The molecule has 0 bridgehead atoms. The van der Waals surface area contributed by atoms with E-state index in [4.69, 9.17) is 10.8 Å². The molecule has 0 spiro atoms. The molecule has 0 fully saturated rings. The van der Waals surface area contributed by atoms with Crippen LogP contribution in [0.1, 0.15) is 26.7 Å². The molecule has 102 valence electrons. The molecular formula is C9H21N3O4S. The van der Waals surface area contributed by atoms with Crippen LogP contribution in [0.3, 0.4) is 0 Å². The molecule has 8 heteroatoms. The van der Waals surface area contributed by atoms with E-state index in [1.807, 2.05) is 13.8 Å². The fourth-order valence-corrected chi connectivity index (χ4v) is 2.62. The summed E-state index contributed by atoms with van der Waals surface area (Å²) in [5.74, 6) is -0.953. The number of primary amides is 1. The lowest BCUT2D eigenvalue weighted by molar-refractivity contribution is -0.125. The number of hydrogen-bond acceptors (Lipinski definition) is 4. The number of aliphatic hydroxyl groups excluding tert-OH is 1. The highest BCUT2D eigenvalue weighted by molar-refractivity contribution is 7.87. The van der Waals surface area contributed by atoms with Gasteiger partial charge in [-0.05, 0) is 12.8 Å². The first-order valence-corrected chi connectivity index (χ1v) is 7.01. The minimum atomic E-state index is -3.66. The van der Waals surface area contributed by atoms with Gasteiger partial charge in [0.05, 0.1) is 0 Å². The van der Waals surface area contributed by atoms with Crippen molar-refractivity contribution >= 4 is 16.1 Å². The summed E-state index contributed by atoms with van der Waals surface area (Å²) in [5, 5.41) is 9.11. The second-order valence-corrected chi connectivity index (χ2v) is 5.43. The maximum absolute atomic E-state index is 11.8. The van der Waals surface area contributed by atoms with Gasteiger partial charge in [0.25, 0.3) is 10.2 Å². The van der Waals surface area contributed by atoms with Crippen LogP contribution in [0.25, 0.3) is 0 Å². The molecule has 0 heterocycles. The highest BCUT2D eigenvalue weighted by Gasteiger charge is 2.22. The van der Waals surface area contributed by atoms with E-state index in [9.17, 15) is 13.2 Å². The summed E-state index contributed by atoms with van der Waals surface area (Å²) >= 11 is 0. The van der Waals surface area contributed by atoms with Gasteiger partial charge < -0.3 is 10.8 Å². The van der Waals surface area contributed by atoms with E-state index in [0.29, 0.717) is 25.9 Å². The lowest BCUT2D eigenvalue weighted by Gasteiger charge is -2.21. The van der Waals surface area contributed by atoms with Gasteiger partial charge in [0.15, 0.2) is 0 Å². The van der Waals surface area contributed by atoms with Crippen molar-refractivity contribution in [1.82, 2.24) is 9.03 Å². The SMILES string of the molecule is CCCN(CCC)S(=O)(=O)NCC(O)C(N)=O. The van der Waals surface area contributed by atoms with Crippen molar-refractivity contribution in [2.75, 3.05) is 19.6 Å².